The summed E-state index contributed by atoms with van der Waals surface area (Å²) in [5.74, 6) is -56.2. The zero-order chi connectivity index (χ0) is 25.5. The molecule has 31 heavy (non-hydrogen) atoms. The molecule has 0 aromatic carbocycles. The fraction of sp³-hybridized carbons (Fsp3) is 0.846. The van der Waals surface area contributed by atoms with Crippen LogP contribution in [-0.4, -0.2) is 60.8 Å². The first-order chi connectivity index (χ1) is 13.3. The van der Waals surface area contributed by atoms with E-state index >= 15 is 0 Å². The van der Waals surface area contributed by atoms with Crippen LogP contribution in [0, 0.1) is 0 Å². The van der Waals surface area contributed by atoms with Crippen LogP contribution >= 0.6 is 0 Å². The maximum atomic E-state index is 13.4. The highest BCUT2D eigenvalue weighted by Gasteiger charge is 2.95. The highest BCUT2D eigenvalue weighted by Crippen LogP contribution is 2.64. The summed E-state index contributed by atoms with van der Waals surface area (Å²) in [6, 6.07) is 0. The van der Waals surface area contributed by atoms with E-state index in [1.807, 2.05) is 0 Å². The van der Waals surface area contributed by atoms with Crippen LogP contribution < -0.4 is 0 Å². The zero-order valence-electron chi connectivity index (χ0n) is 14.2. The molecule has 0 spiro atoms. The van der Waals surface area contributed by atoms with Crippen LogP contribution in [0.15, 0.2) is 12.7 Å². The second kappa shape index (κ2) is 8.13. The Labute approximate surface area is 160 Å². The second-order valence-corrected chi connectivity index (χ2v) is 5.76. The number of hydrogen-bond donors (Lipinski definition) is 0. The minimum absolute atomic E-state index is 0.689. The summed E-state index contributed by atoms with van der Waals surface area (Å²) in [4.78, 5) is 0. The van der Waals surface area contributed by atoms with Gasteiger partial charge in [0.15, 0.2) is 0 Å². The molecule has 0 atom stereocenters. The van der Waals surface area contributed by atoms with Crippen molar-refractivity contribution in [2.75, 3.05) is 13.2 Å². The highest BCUT2D eigenvalue weighted by molar-refractivity contribution is 5.15. The van der Waals surface area contributed by atoms with Crippen molar-refractivity contribution in [1.29, 1.82) is 0 Å². The third-order valence-electron chi connectivity index (χ3n) is 3.58. The predicted octanol–water partition coefficient (Wildman–Crippen LogP) is 6.59. The first-order valence-corrected chi connectivity index (χ1v) is 7.21. The Kier molecular flexibility index (Phi) is 7.74. The Balaban J connectivity index is 6.40. The van der Waals surface area contributed by atoms with E-state index < -0.39 is 67.3 Å². The van der Waals surface area contributed by atoms with Gasteiger partial charge in [0.25, 0.3) is 0 Å². The molecule has 1 nitrogen and oxygen atoms in total. The second-order valence-electron chi connectivity index (χ2n) is 5.76. The molecular formula is C13H9F17O. The molecule has 0 fully saturated rings. The summed E-state index contributed by atoms with van der Waals surface area (Å²) in [5, 5.41) is 0. The zero-order valence-corrected chi connectivity index (χ0v) is 14.2. The van der Waals surface area contributed by atoms with E-state index in [0.29, 0.717) is 0 Å². The molecule has 0 aromatic rings. The molecule has 0 aliphatic rings. The Morgan fingerprint density at radius 3 is 1.16 bits per heavy atom. The number of ether oxygens (including phenoxy) is 1. The van der Waals surface area contributed by atoms with Gasteiger partial charge in [-0.2, -0.15) is 74.6 Å². The number of alkyl halides is 17. The largest absolute Gasteiger partial charge is 0.460 e. The van der Waals surface area contributed by atoms with Crippen molar-refractivity contribution in [2.24, 2.45) is 0 Å². The number of rotatable bonds is 11. The van der Waals surface area contributed by atoms with Gasteiger partial charge < -0.3 is 4.74 Å². The molecule has 0 N–H and O–H groups in total. The molecule has 0 amide bonds. The van der Waals surface area contributed by atoms with E-state index in [0.717, 1.165) is 6.08 Å². The minimum Gasteiger partial charge on any atom is -0.377 e. The molecule has 0 unspecified atom stereocenters. The van der Waals surface area contributed by atoms with Crippen LogP contribution in [-0.2, 0) is 4.74 Å². The van der Waals surface area contributed by atoms with E-state index in [1.54, 1.807) is 0 Å². The smallest absolute Gasteiger partial charge is 0.377 e. The lowest BCUT2D eigenvalue weighted by Gasteiger charge is -2.42. The van der Waals surface area contributed by atoms with Gasteiger partial charge in [-0.05, 0) is 0 Å². The van der Waals surface area contributed by atoms with Crippen molar-refractivity contribution in [2.45, 2.75) is 54.1 Å². The fourth-order valence-corrected chi connectivity index (χ4v) is 1.72. The van der Waals surface area contributed by atoms with Crippen LogP contribution in [0.25, 0.3) is 0 Å². The molecule has 0 saturated carbocycles. The van der Waals surface area contributed by atoms with Crippen molar-refractivity contribution < 1.29 is 79.4 Å². The van der Waals surface area contributed by atoms with Crippen LogP contribution in [0.1, 0.15) is 6.42 Å². The average Bonchev–Trinajstić information content (AvgIpc) is 2.56. The molecule has 0 aromatic heterocycles. The van der Waals surface area contributed by atoms with Gasteiger partial charge in [0.2, 0.25) is 0 Å². The quantitative estimate of drug-likeness (QED) is 0.175. The van der Waals surface area contributed by atoms with Crippen molar-refractivity contribution in [3.8, 4) is 0 Å². The summed E-state index contributed by atoms with van der Waals surface area (Å²) in [7, 11) is 0. The molecule has 0 heterocycles. The van der Waals surface area contributed by atoms with Gasteiger partial charge in [-0.15, -0.1) is 6.58 Å². The molecule has 0 rings (SSSR count). The Morgan fingerprint density at radius 1 is 0.516 bits per heavy atom. The van der Waals surface area contributed by atoms with Gasteiger partial charge in [-0.25, -0.2) is 0 Å². The Morgan fingerprint density at radius 2 is 0.839 bits per heavy atom. The molecule has 0 radical (unpaired) electrons. The summed E-state index contributed by atoms with van der Waals surface area (Å²) in [5.41, 5.74) is 0. The van der Waals surface area contributed by atoms with E-state index in [9.17, 15) is 74.6 Å². The van der Waals surface area contributed by atoms with Gasteiger partial charge in [-0.3, -0.25) is 0 Å². The standard InChI is InChI=1S/C13H9F17O/c1-2-4-31-5-3-6(14,15)7(16,17)8(18,19)9(20,21)10(22,23)11(24,25)12(26,27)13(28,29)30/h2H,1,3-5H2. The maximum Gasteiger partial charge on any atom is 0.460 e. The average molecular weight is 504 g/mol. The van der Waals surface area contributed by atoms with Gasteiger partial charge in [0.1, 0.15) is 0 Å². The van der Waals surface area contributed by atoms with Gasteiger partial charge >= 0.3 is 47.6 Å². The molecule has 18 heteroatoms. The lowest BCUT2D eigenvalue weighted by Crippen LogP contribution is -2.74. The molecule has 0 saturated heterocycles. The third kappa shape index (κ3) is 4.27. The van der Waals surface area contributed by atoms with Crippen LogP contribution in [0.2, 0.25) is 0 Å². The van der Waals surface area contributed by atoms with Crippen LogP contribution in [0.3, 0.4) is 0 Å². The summed E-state index contributed by atoms with van der Waals surface area (Å²) < 4.78 is 224. The van der Waals surface area contributed by atoms with Crippen LogP contribution in [0.4, 0.5) is 74.6 Å². The van der Waals surface area contributed by atoms with E-state index in [4.69, 9.17) is 0 Å². The van der Waals surface area contributed by atoms with E-state index in [-0.39, 0.29) is 0 Å². The Hall–Kier alpha value is -1.49. The lowest BCUT2D eigenvalue weighted by atomic mass is 9.88. The van der Waals surface area contributed by atoms with Crippen LogP contribution in [0.5, 0.6) is 0 Å². The van der Waals surface area contributed by atoms with Crippen molar-refractivity contribution in [3.63, 3.8) is 0 Å². The normalized spacial score (nSPS) is 15.9. The Bertz CT molecular complexity index is 632. The maximum absolute atomic E-state index is 13.4. The van der Waals surface area contributed by atoms with Crippen molar-refractivity contribution in [3.05, 3.63) is 12.7 Å². The van der Waals surface area contributed by atoms with Crippen molar-refractivity contribution >= 4 is 0 Å². The molecule has 186 valence electrons. The van der Waals surface area contributed by atoms with Gasteiger partial charge in [0, 0.05) is 6.42 Å². The SMILES string of the molecule is C=CCOCCC(F)(F)C(F)(F)C(F)(F)C(F)(F)C(F)(F)C(F)(F)C(F)(F)C(F)(F)F. The monoisotopic (exact) mass is 504 g/mol. The number of hydrogen-bond acceptors (Lipinski definition) is 1. The molecular weight excluding hydrogens is 495 g/mol. The molecule has 0 aliphatic heterocycles. The minimum atomic E-state index is -8.61. The summed E-state index contributed by atoms with van der Waals surface area (Å²) in [6.07, 6.45) is -9.58. The van der Waals surface area contributed by atoms with E-state index in [1.165, 1.54) is 0 Å². The fourth-order valence-electron chi connectivity index (χ4n) is 1.72. The first-order valence-electron chi connectivity index (χ1n) is 7.21. The highest BCUT2D eigenvalue weighted by atomic mass is 19.4. The topological polar surface area (TPSA) is 9.23 Å². The van der Waals surface area contributed by atoms with Gasteiger partial charge in [0.05, 0.1) is 13.2 Å². The summed E-state index contributed by atoms with van der Waals surface area (Å²) in [6.45, 7) is 0.607. The molecule has 0 bridgehead atoms. The lowest BCUT2D eigenvalue weighted by molar-refractivity contribution is -0.462. The predicted molar refractivity (Wildman–Crippen MR) is 66.3 cm³/mol. The van der Waals surface area contributed by atoms with E-state index in [2.05, 4.69) is 11.3 Å². The van der Waals surface area contributed by atoms with Gasteiger partial charge in [-0.1, -0.05) is 6.08 Å². The molecule has 0 aliphatic carbocycles. The number of halogens is 17. The third-order valence-corrected chi connectivity index (χ3v) is 3.58. The van der Waals surface area contributed by atoms with Crippen molar-refractivity contribution in [1.82, 2.24) is 0 Å². The first kappa shape index (κ1) is 29.5. The summed E-state index contributed by atoms with van der Waals surface area (Å²) >= 11 is 0.